The number of nitrogens with one attached hydrogen (secondary N) is 1. The van der Waals surface area contributed by atoms with Gasteiger partial charge in [0.1, 0.15) is 5.82 Å². The second-order valence-corrected chi connectivity index (χ2v) is 3.68. The molecule has 0 aliphatic carbocycles. The fourth-order valence-electron chi connectivity index (χ4n) is 1.30. The van der Waals surface area contributed by atoms with Crippen molar-refractivity contribution in [1.29, 1.82) is 5.26 Å². The molecule has 1 aromatic carbocycles. The highest BCUT2D eigenvalue weighted by Crippen LogP contribution is 2.25. The first kappa shape index (κ1) is 11.4. The second kappa shape index (κ2) is 4.81. The van der Waals surface area contributed by atoms with Crippen LogP contribution in [0.25, 0.3) is 0 Å². The van der Waals surface area contributed by atoms with Gasteiger partial charge in [0.2, 0.25) is 5.95 Å². The average Bonchev–Trinajstić information content (AvgIpc) is 2.32. The van der Waals surface area contributed by atoms with Crippen LogP contribution in [0.2, 0.25) is 5.02 Å². The fourth-order valence-corrected chi connectivity index (χ4v) is 1.53. The molecule has 0 atom stereocenters. The Bertz CT molecular complexity index is 593. The van der Waals surface area contributed by atoms with Gasteiger partial charge in [0.25, 0.3) is 0 Å². The largest absolute Gasteiger partial charge is 0.339 e. The van der Waals surface area contributed by atoms with Gasteiger partial charge in [-0.3, -0.25) is 0 Å². The Morgan fingerprint density at radius 1 is 1.29 bits per heavy atom. The molecule has 0 spiro atoms. The topological polar surface area (TPSA) is 48.7 Å². The third-order valence-corrected chi connectivity index (χ3v) is 2.39. The molecule has 1 N–H and O–H groups in total. The number of hydrogen-bond acceptors (Lipinski definition) is 3. The second-order valence-electron chi connectivity index (χ2n) is 3.28. The van der Waals surface area contributed by atoms with E-state index in [1.165, 1.54) is 12.1 Å². The zero-order valence-electron chi connectivity index (χ0n) is 8.61. The average molecular weight is 248 g/mol. The van der Waals surface area contributed by atoms with Crippen molar-refractivity contribution in [2.24, 2.45) is 0 Å². The number of aromatic nitrogens is 1. The summed E-state index contributed by atoms with van der Waals surface area (Å²) in [6, 6.07) is 11.2. The van der Waals surface area contributed by atoms with Crippen molar-refractivity contribution in [1.82, 2.24) is 4.98 Å². The first-order chi connectivity index (χ1) is 8.19. The van der Waals surface area contributed by atoms with Gasteiger partial charge >= 0.3 is 0 Å². The molecule has 17 heavy (non-hydrogen) atoms. The van der Waals surface area contributed by atoms with Crippen LogP contribution in [0.1, 0.15) is 5.56 Å². The first-order valence-electron chi connectivity index (χ1n) is 4.78. The van der Waals surface area contributed by atoms with Gasteiger partial charge < -0.3 is 5.32 Å². The molecular weight excluding hydrogens is 241 g/mol. The van der Waals surface area contributed by atoms with Crippen LogP contribution in [0.4, 0.5) is 15.9 Å². The maximum absolute atomic E-state index is 12.9. The van der Waals surface area contributed by atoms with Crippen molar-refractivity contribution >= 4 is 23.1 Å². The molecule has 2 aromatic rings. The zero-order valence-corrected chi connectivity index (χ0v) is 9.37. The number of pyridine rings is 1. The number of nitrogens with zero attached hydrogens (tertiary/aromatic N) is 2. The van der Waals surface area contributed by atoms with Crippen molar-refractivity contribution < 1.29 is 4.39 Å². The van der Waals surface area contributed by atoms with Crippen molar-refractivity contribution in [2.75, 3.05) is 5.32 Å². The van der Waals surface area contributed by atoms with Gasteiger partial charge in [-0.05, 0) is 30.3 Å². The van der Waals surface area contributed by atoms with E-state index in [-0.39, 0.29) is 0 Å². The van der Waals surface area contributed by atoms with Crippen LogP contribution in [-0.2, 0) is 0 Å². The highest BCUT2D eigenvalue weighted by atomic mass is 35.5. The van der Waals surface area contributed by atoms with Crippen LogP contribution in [0.5, 0.6) is 0 Å². The minimum Gasteiger partial charge on any atom is -0.339 e. The first-order valence-corrected chi connectivity index (χ1v) is 5.16. The molecule has 1 heterocycles. The van der Waals surface area contributed by atoms with Crippen LogP contribution in [-0.4, -0.2) is 4.98 Å². The molecule has 0 aliphatic rings. The van der Waals surface area contributed by atoms with Crippen molar-refractivity contribution in [3.8, 4) is 6.07 Å². The Kier molecular flexibility index (Phi) is 3.22. The highest BCUT2D eigenvalue weighted by Gasteiger charge is 2.03. The lowest BCUT2D eigenvalue weighted by atomic mass is 10.2. The Balaban J connectivity index is 2.28. The maximum Gasteiger partial charge on any atom is 0.214 e. The van der Waals surface area contributed by atoms with E-state index in [9.17, 15) is 4.39 Å². The van der Waals surface area contributed by atoms with E-state index in [0.717, 1.165) is 0 Å². The molecular formula is C12H7ClFN3. The molecule has 0 amide bonds. The van der Waals surface area contributed by atoms with Crippen LogP contribution >= 0.6 is 11.6 Å². The van der Waals surface area contributed by atoms with Crippen molar-refractivity contribution in [2.45, 2.75) is 0 Å². The lowest BCUT2D eigenvalue weighted by Crippen LogP contribution is -1.95. The molecule has 5 heteroatoms. The van der Waals surface area contributed by atoms with Crippen molar-refractivity contribution in [3.05, 3.63) is 52.9 Å². The molecule has 0 aliphatic heterocycles. The highest BCUT2D eigenvalue weighted by molar-refractivity contribution is 6.33. The summed E-state index contributed by atoms with van der Waals surface area (Å²) in [4.78, 5) is 3.65. The zero-order chi connectivity index (χ0) is 12.3. The van der Waals surface area contributed by atoms with Gasteiger partial charge in [0.05, 0.1) is 22.3 Å². The predicted octanol–water partition coefficient (Wildman–Crippen LogP) is 3.49. The number of benzene rings is 1. The van der Waals surface area contributed by atoms with E-state index in [0.29, 0.717) is 22.1 Å². The monoisotopic (exact) mass is 247 g/mol. The summed E-state index contributed by atoms with van der Waals surface area (Å²) in [7, 11) is 0. The smallest absolute Gasteiger partial charge is 0.214 e. The standard InChI is InChI=1S/C12H7ClFN3/c13-9-6-8(7-15)4-5-10(9)16-12-3-1-2-11(14)17-12/h1-6H,(H,16,17). The molecule has 0 radical (unpaired) electrons. The molecule has 3 nitrogen and oxygen atoms in total. The number of nitriles is 1. The predicted molar refractivity (Wildman–Crippen MR) is 63.6 cm³/mol. The number of anilines is 2. The molecule has 0 saturated carbocycles. The quantitative estimate of drug-likeness (QED) is 0.827. The number of halogens is 2. The van der Waals surface area contributed by atoms with Crippen molar-refractivity contribution in [3.63, 3.8) is 0 Å². The summed E-state index contributed by atoms with van der Waals surface area (Å²) >= 11 is 5.96. The summed E-state index contributed by atoms with van der Waals surface area (Å²) in [6.45, 7) is 0. The molecule has 0 saturated heterocycles. The van der Waals surface area contributed by atoms with E-state index >= 15 is 0 Å². The maximum atomic E-state index is 12.9. The van der Waals surface area contributed by atoms with Crippen LogP contribution in [0.3, 0.4) is 0 Å². The normalized spacial score (nSPS) is 9.71. The van der Waals surface area contributed by atoms with Crippen LogP contribution in [0.15, 0.2) is 36.4 Å². The van der Waals surface area contributed by atoms with E-state index in [1.807, 2.05) is 6.07 Å². The summed E-state index contributed by atoms with van der Waals surface area (Å²) in [5.41, 5.74) is 1.04. The Labute approximate surface area is 102 Å². The Morgan fingerprint density at radius 2 is 2.12 bits per heavy atom. The Hall–Kier alpha value is -2.12. The SMILES string of the molecule is N#Cc1ccc(Nc2cccc(F)n2)c(Cl)c1. The van der Waals surface area contributed by atoms with Gasteiger partial charge in [-0.1, -0.05) is 17.7 Å². The molecule has 2 rings (SSSR count). The summed E-state index contributed by atoms with van der Waals surface area (Å²) < 4.78 is 12.9. The van der Waals surface area contributed by atoms with Gasteiger partial charge in [0, 0.05) is 0 Å². The minimum absolute atomic E-state index is 0.358. The number of rotatable bonds is 2. The third kappa shape index (κ3) is 2.71. The molecule has 0 fully saturated rings. The third-order valence-electron chi connectivity index (χ3n) is 2.08. The molecule has 84 valence electrons. The molecule has 0 unspecified atom stereocenters. The molecule has 0 bridgehead atoms. The number of hydrogen-bond donors (Lipinski definition) is 1. The Morgan fingerprint density at radius 3 is 2.76 bits per heavy atom. The van der Waals surface area contributed by atoms with Crippen LogP contribution < -0.4 is 5.32 Å². The van der Waals surface area contributed by atoms with E-state index in [1.54, 1.807) is 24.3 Å². The van der Waals surface area contributed by atoms with Gasteiger partial charge in [-0.2, -0.15) is 9.65 Å². The van der Waals surface area contributed by atoms with E-state index in [2.05, 4.69) is 10.3 Å². The van der Waals surface area contributed by atoms with Gasteiger partial charge in [-0.15, -0.1) is 0 Å². The lowest BCUT2D eigenvalue weighted by molar-refractivity contribution is 0.585. The van der Waals surface area contributed by atoms with Gasteiger partial charge in [0.15, 0.2) is 0 Å². The lowest BCUT2D eigenvalue weighted by Gasteiger charge is -2.07. The minimum atomic E-state index is -0.570. The van der Waals surface area contributed by atoms with Gasteiger partial charge in [-0.25, -0.2) is 4.98 Å². The van der Waals surface area contributed by atoms with E-state index in [4.69, 9.17) is 16.9 Å². The fraction of sp³-hybridized carbons (Fsp3) is 0. The summed E-state index contributed by atoms with van der Waals surface area (Å²) in [5, 5.41) is 11.9. The molecule has 1 aromatic heterocycles. The van der Waals surface area contributed by atoms with Crippen LogP contribution in [0, 0.1) is 17.3 Å². The van der Waals surface area contributed by atoms with E-state index < -0.39 is 5.95 Å². The summed E-state index contributed by atoms with van der Waals surface area (Å²) in [5.74, 6) is -0.212. The summed E-state index contributed by atoms with van der Waals surface area (Å²) in [6.07, 6.45) is 0.